The second kappa shape index (κ2) is 5.70. The Balaban J connectivity index is 3.13. The quantitative estimate of drug-likeness (QED) is 0.428. The molecule has 98 valence electrons. The summed E-state index contributed by atoms with van der Waals surface area (Å²) in [6, 6.07) is 3.40. The fourth-order valence-corrected chi connectivity index (χ4v) is 2.23. The second-order valence-corrected chi connectivity index (χ2v) is 4.72. The molecule has 0 heterocycles. The van der Waals surface area contributed by atoms with E-state index < -0.39 is 14.0 Å². The summed E-state index contributed by atoms with van der Waals surface area (Å²) < 4.78 is -1.29. The van der Waals surface area contributed by atoms with Crippen LogP contribution in [0.25, 0.3) is 0 Å². The zero-order chi connectivity index (χ0) is 13.0. The van der Waals surface area contributed by atoms with Gasteiger partial charge in [-0.25, -0.2) is 0 Å². The van der Waals surface area contributed by atoms with Gasteiger partial charge >= 0.3 is 106 Å². The number of rotatable bonds is 5. The molecule has 0 bridgehead atoms. The summed E-state index contributed by atoms with van der Waals surface area (Å²) in [7, 11) is 0. The topological polar surface area (TPSA) is 124 Å². The van der Waals surface area contributed by atoms with E-state index in [1.807, 2.05) is 0 Å². The molecule has 0 amide bonds. The van der Waals surface area contributed by atoms with Gasteiger partial charge in [-0.05, 0) is 0 Å². The average molecular weight is 330 g/mol. The molecule has 0 aliphatic heterocycles. The first kappa shape index (κ1) is 13.5. The number of hydrogen-bond donors (Lipinski definition) is 1. The van der Waals surface area contributed by atoms with E-state index in [0.717, 1.165) is 12.1 Å². The van der Waals surface area contributed by atoms with Crippen LogP contribution in [0.4, 0.5) is 0 Å². The summed E-state index contributed by atoms with van der Waals surface area (Å²) in [6.07, 6.45) is 0. The van der Waals surface area contributed by atoms with E-state index in [0.29, 0.717) is 0 Å². The first-order valence-electron chi connectivity index (χ1n) is 3.74. The van der Waals surface area contributed by atoms with Crippen molar-refractivity contribution in [3.05, 3.63) is 44.0 Å². The van der Waals surface area contributed by atoms with Crippen LogP contribution in [-0.2, 0) is 29.3 Å². The van der Waals surface area contributed by atoms with E-state index in [4.69, 9.17) is 5.11 Å². The Morgan fingerprint density at radius 2 is 1.47 bits per heavy atom. The molecule has 1 aromatic carbocycles. The molecule has 0 saturated carbocycles. The first-order valence-corrected chi connectivity index (χ1v) is 5.61. The molecule has 10 heteroatoms. The standard InChI is InChI=1S/C7H4O2.2NO2.2Ni/c8-7(9)6-4-2-1-3-5-6;2*2-1-3;;/h1,4-5H,(H,8,9);;;;. The molecule has 17 heavy (non-hydrogen) atoms. The predicted octanol–water partition coefficient (Wildman–Crippen LogP) is -0.816. The molecule has 0 unspecified atom stereocenters. The Bertz CT molecular complexity index is 457. The molecule has 1 N–H and O–H groups in total. The molecule has 1 aromatic rings. The summed E-state index contributed by atoms with van der Waals surface area (Å²) >= 11 is 0.00948. The first-order chi connectivity index (χ1) is 7.88. The van der Waals surface area contributed by atoms with Gasteiger partial charge in [0.1, 0.15) is 0 Å². The zero-order valence-electron chi connectivity index (χ0n) is 7.75. The summed E-state index contributed by atoms with van der Waals surface area (Å²) in [6.45, 7) is 0. The summed E-state index contributed by atoms with van der Waals surface area (Å²) in [4.78, 5) is 31.3. The normalized spacial score (nSPS) is 10.4. The van der Waals surface area contributed by atoms with Crippen LogP contribution < -0.4 is 9.07 Å². The zero-order valence-corrected chi connectivity index (χ0v) is 9.72. The Hall–Kier alpha value is -1.52. The number of benzene rings is 1. The minimum absolute atomic E-state index is 0.00474. The second-order valence-electron chi connectivity index (χ2n) is 2.41. The predicted molar refractivity (Wildman–Crippen MR) is 46.7 cm³/mol. The molecule has 0 spiro atoms. The van der Waals surface area contributed by atoms with Crippen LogP contribution in [0, 0.1) is 20.2 Å². The van der Waals surface area contributed by atoms with Crippen molar-refractivity contribution in [2.75, 3.05) is 0 Å². The van der Waals surface area contributed by atoms with E-state index in [-0.39, 0.29) is 43.9 Å². The molecule has 0 aliphatic carbocycles. The van der Waals surface area contributed by atoms with Crippen molar-refractivity contribution in [2.24, 2.45) is 0 Å². The van der Waals surface area contributed by atoms with E-state index in [2.05, 4.69) is 0 Å². The molecule has 0 radical (unpaired) electrons. The van der Waals surface area contributed by atoms with Crippen molar-refractivity contribution in [3.8, 4) is 0 Å². The van der Waals surface area contributed by atoms with E-state index in [1.54, 1.807) is 0 Å². The number of hydrogen-bond acceptors (Lipinski definition) is 5. The summed E-state index contributed by atoms with van der Waals surface area (Å²) in [5.74, 6) is -1.30. The maximum atomic E-state index is 10.7. The van der Waals surface area contributed by atoms with Crippen molar-refractivity contribution >= 4 is 15.0 Å². The van der Waals surface area contributed by atoms with Crippen LogP contribution in [0.1, 0.15) is 10.4 Å². The van der Waals surface area contributed by atoms with Crippen molar-refractivity contribution in [2.45, 2.75) is 0 Å². The SMILES string of the molecule is O=C(O)c1c[c]([Ni][N+](=O)[O-])c[c]([Ni][N+](=O)[O-])c1. The van der Waals surface area contributed by atoms with Gasteiger partial charge in [-0.2, -0.15) is 0 Å². The fraction of sp³-hybridized carbons (Fsp3) is 0. The van der Waals surface area contributed by atoms with Gasteiger partial charge in [-0.3, -0.25) is 0 Å². The third-order valence-electron chi connectivity index (χ3n) is 1.35. The van der Waals surface area contributed by atoms with Gasteiger partial charge in [-0.1, -0.05) is 0 Å². The number of nitro groups is 2. The van der Waals surface area contributed by atoms with Crippen LogP contribution in [0.2, 0.25) is 0 Å². The van der Waals surface area contributed by atoms with Gasteiger partial charge in [0.15, 0.2) is 0 Å². The van der Waals surface area contributed by atoms with Crippen molar-refractivity contribution in [1.82, 2.24) is 0 Å². The van der Waals surface area contributed by atoms with Crippen LogP contribution in [0.15, 0.2) is 18.2 Å². The third kappa shape index (κ3) is 4.46. The molecule has 1 rings (SSSR count). The molecule has 0 aliphatic rings. The van der Waals surface area contributed by atoms with E-state index in [9.17, 15) is 25.0 Å². The van der Waals surface area contributed by atoms with Crippen molar-refractivity contribution < 1.29 is 47.2 Å². The Morgan fingerprint density at radius 1 is 1.06 bits per heavy atom. The Kier molecular flexibility index (Phi) is 4.54. The van der Waals surface area contributed by atoms with Crippen molar-refractivity contribution in [3.63, 3.8) is 0 Å². The van der Waals surface area contributed by atoms with Gasteiger partial charge in [0, 0.05) is 0 Å². The molecule has 0 atom stereocenters. The molecule has 0 fully saturated rings. The van der Waals surface area contributed by atoms with Gasteiger partial charge in [0.25, 0.3) is 0 Å². The van der Waals surface area contributed by atoms with Crippen LogP contribution in [0.5, 0.6) is 0 Å². The fourth-order valence-electron chi connectivity index (χ4n) is 0.857. The summed E-state index contributed by atoms with van der Waals surface area (Å²) in [5.41, 5.74) is -0.225. The molecule has 8 nitrogen and oxygen atoms in total. The van der Waals surface area contributed by atoms with E-state index >= 15 is 0 Å². The average Bonchev–Trinajstić information content (AvgIpc) is 2.14. The number of nitrogens with zero attached hydrogens (tertiary/aromatic N) is 2. The molecule has 0 saturated heterocycles. The number of carboxylic acids is 1. The summed E-state index contributed by atoms with van der Waals surface area (Å²) in [5, 5.41) is 29.3. The number of carbonyl (C=O) groups is 1. The molecular formula is C7H4N2Ni2O6. The van der Waals surface area contributed by atoms with E-state index in [1.165, 1.54) is 6.07 Å². The number of carboxylic acid groups (broad SMARTS) is 1. The van der Waals surface area contributed by atoms with Crippen LogP contribution in [-0.4, -0.2) is 19.1 Å². The van der Waals surface area contributed by atoms with Crippen LogP contribution in [0.3, 0.4) is 0 Å². The van der Waals surface area contributed by atoms with Gasteiger partial charge in [-0.15, -0.1) is 0 Å². The van der Waals surface area contributed by atoms with Gasteiger partial charge in [0.2, 0.25) is 0 Å². The van der Waals surface area contributed by atoms with Gasteiger partial charge < -0.3 is 0 Å². The molecular weight excluding hydrogens is 325 g/mol. The minimum atomic E-state index is -1.30. The maximum absolute atomic E-state index is 10.7. The molecule has 0 aromatic heterocycles. The van der Waals surface area contributed by atoms with Crippen LogP contribution >= 0.6 is 0 Å². The monoisotopic (exact) mass is 328 g/mol. The Morgan fingerprint density at radius 3 is 1.76 bits per heavy atom. The third-order valence-corrected chi connectivity index (χ3v) is 2.79. The van der Waals surface area contributed by atoms with Gasteiger partial charge in [0.05, 0.1) is 0 Å². The Labute approximate surface area is 106 Å². The van der Waals surface area contributed by atoms with Crippen molar-refractivity contribution in [1.29, 1.82) is 0 Å². The number of aromatic carboxylic acids is 1.